The summed E-state index contributed by atoms with van der Waals surface area (Å²) >= 11 is 6.14. The first kappa shape index (κ1) is 15.2. The fourth-order valence-electron chi connectivity index (χ4n) is 2.28. The number of hydrogen-bond donors (Lipinski definition) is 1. The maximum Gasteiger partial charge on any atom is 0.336 e. The van der Waals surface area contributed by atoms with E-state index in [1.165, 1.54) is 6.07 Å². The average Bonchev–Trinajstić information content (AvgIpc) is 2.55. The summed E-state index contributed by atoms with van der Waals surface area (Å²) in [5.41, 5.74) is 1.96. The number of nitrogens with zero attached hydrogens (tertiary/aromatic N) is 1. The molecule has 0 fully saturated rings. The van der Waals surface area contributed by atoms with Crippen LogP contribution in [-0.2, 0) is 6.54 Å². The molecule has 23 heavy (non-hydrogen) atoms. The number of benzene rings is 1. The van der Waals surface area contributed by atoms with Gasteiger partial charge in [0.15, 0.2) is 0 Å². The topological polar surface area (TPSA) is 72.2 Å². The molecule has 0 aliphatic rings. The monoisotopic (exact) mass is 328 g/mol. The largest absolute Gasteiger partial charge is 0.423 e. The number of aryl methyl sites for hydroxylation is 1. The van der Waals surface area contributed by atoms with Gasteiger partial charge in [0.1, 0.15) is 5.58 Å². The number of halogens is 1. The molecular formula is C17H13ClN2O3. The smallest absolute Gasteiger partial charge is 0.336 e. The van der Waals surface area contributed by atoms with Crippen LogP contribution in [0.4, 0.5) is 0 Å². The number of aromatic nitrogens is 1. The van der Waals surface area contributed by atoms with Crippen molar-refractivity contribution in [3.05, 3.63) is 74.9 Å². The van der Waals surface area contributed by atoms with Gasteiger partial charge in [0.25, 0.3) is 5.91 Å². The lowest BCUT2D eigenvalue weighted by molar-refractivity contribution is 0.0951. The number of fused-ring (bicyclic) bond motifs is 1. The van der Waals surface area contributed by atoms with Crippen molar-refractivity contribution in [2.24, 2.45) is 0 Å². The minimum absolute atomic E-state index is 0.197. The zero-order valence-corrected chi connectivity index (χ0v) is 13.1. The van der Waals surface area contributed by atoms with E-state index in [-0.39, 0.29) is 12.5 Å². The lowest BCUT2D eigenvalue weighted by atomic mass is 10.1. The summed E-state index contributed by atoms with van der Waals surface area (Å²) < 4.78 is 5.19. The molecule has 1 amide bonds. The summed E-state index contributed by atoms with van der Waals surface area (Å²) in [5, 5.41) is 4.06. The second kappa shape index (κ2) is 6.22. The second-order valence-corrected chi connectivity index (χ2v) is 5.51. The van der Waals surface area contributed by atoms with Gasteiger partial charge in [-0.15, -0.1) is 0 Å². The molecule has 3 aromatic rings. The van der Waals surface area contributed by atoms with E-state index in [1.54, 1.807) is 36.7 Å². The predicted molar refractivity (Wildman–Crippen MR) is 87.6 cm³/mol. The van der Waals surface area contributed by atoms with Crippen LogP contribution in [-0.4, -0.2) is 10.9 Å². The van der Waals surface area contributed by atoms with Gasteiger partial charge in [-0.3, -0.25) is 9.78 Å². The van der Waals surface area contributed by atoms with Crippen LogP contribution in [0.15, 0.2) is 51.9 Å². The molecule has 2 heterocycles. The lowest BCUT2D eigenvalue weighted by Crippen LogP contribution is -2.23. The van der Waals surface area contributed by atoms with Crippen LogP contribution in [0.1, 0.15) is 21.5 Å². The van der Waals surface area contributed by atoms with E-state index >= 15 is 0 Å². The molecule has 6 heteroatoms. The molecule has 0 bridgehead atoms. The van der Waals surface area contributed by atoms with Gasteiger partial charge in [-0.1, -0.05) is 11.6 Å². The van der Waals surface area contributed by atoms with Gasteiger partial charge in [0.05, 0.1) is 0 Å². The van der Waals surface area contributed by atoms with E-state index in [1.807, 2.05) is 6.92 Å². The molecule has 0 spiro atoms. The van der Waals surface area contributed by atoms with E-state index < -0.39 is 5.63 Å². The number of carbonyl (C=O) groups is 1. The molecule has 0 radical (unpaired) electrons. The highest BCUT2D eigenvalue weighted by molar-refractivity contribution is 6.32. The molecule has 0 aliphatic heterocycles. The van der Waals surface area contributed by atoms with Crippen molar-refractivity contribution in [2.75, 3.05) is 0 Å². The molecular weight excluding hydrogens is 316 g/mol. The summed E-state index contributed by atoms with van der Waals surface area (Å²) in [7, 11) is 0. The number of nitrogens with one attached hydrogen (secondary N) is 1. The molecule has 0 saturated heterocycles. The van der Waals surface area contributed by atoms with Crippen molar-refractivity contribution in [1.82, 2.24) is 10.3 Å². The predicted octanol–water partition coefficient (Wildman–Crippen LogP) is 3.08. The fourth-order valence-corrected chi connectivity index (χ4v) is 2.44. The summed E-state index contributed by atoms with van der Waals surface area (Å²) in [5.74, 6) is -0.244. The van der Waals surface area contributed by atoms with Crippen molar-refractivity contribution >= 4 is 28.5 Å². The third-order valence-electron chi connectivity index (χ3n) is 3.49. The van der Waals surface area contributed by atoms with Crippen LogP contribution in [0.3, 0.4) is 0 Å². The Bertz CT molecular complexity index is 936. The fraction of sp³-hybridized carbons (Fsp3) is 0.118. The maximum absolute atomic E-state index is 12.1. The normalized spacial score (nSPS) is 10.7. The summed E-state index contributed by atoms with van der Waals surface area (Å²) in [6.45, 7) is 2.03. The Morgan fingerprint density at radius 2 is 2.00 bits per heavy atom. The molecule has 3 rings (SSSR count). The van der Waals surface area contributed by atoms with Crippen LogP contribution < -0.4 is 10.9 Å². The Morgan fingerprint density at radius 1 is 1.26 bits per heavy atom. The molecule has 1 aromatic carbocycles. The number of pyridine rings is 1. The molecule has 2 aromatic heterocycles. The van der Waals surface area contributed by atoms with Crippen LogP contribution in [0.2, 0.25) is 5.02 Å². The first-order chi connectivity index (χ1) is 11.0. The Labute approximate surface area is 136 Å². The highest BCUT2D eigenvalue weighted by Crippen LogP contribution is 2.25. The highest BCUT2D eigenvalue weighted by atomic mass is 35.5. The molecule has 0 unspecified atom stereocenters. The van der Waals surface area contributed by atoms with Gasteiger partial charge in [-0.05, 0) is 42.3 Å². The Morgan fingerprint density at radius 3 is 2.74 bits per heavy atom. The second-order valence-electron chi connectivity index (χ2n) is 5.11. The molecule has 116 valence electrons. The van der Waals surface area contributed by atoms with Gasteiger partial charge in [0, 0.05) is 41.0 Å². The highest BCUT2D eigenvalue weighted by Gasteiger charge is 2.10. The van der Waals surface area contributed by atoms with Crippen molar-refractivity contribution < 1.29 is 9.21 Å². The van der Waals surface area contributed by atoms with E-state index in [4.69, 9.17) is 16.0 Å². The third-order valence-corrected chi connectivity index (χ3v) is 3.90. The molecule has 1 N–H and O–H groups in total. The van der Waals surface area contributed by atoms with Crippen molar-refractivity contribution in [3.63, 3.8) is 0 Å². The Hall–Kier alpha value is -2.66. The quantitative estimate of drug-likeness (QED) is 0.750. The minimum atomic E-state index is -0.465. The number of rotatable bonds is 3. The molecule has 0 atom stereocenters. The molecule has 5 nitrogen and oxygen atoms in total. The summed E-state index contributed by atoms with van der Waals surface area (Å²) in [6.07, 6.45) is 3.09. The Balaban J connectivity index is 1.92. The minimum Gasteiger partial charge on any atom is -0.423 e. The SMILES string of the molecule is Cc1cc2oc(=O)cc(CNC(=O)c3ccncc3)c2cc1Cl. The van der Waals surface area contributed by atoms with E-state index in [9.17, 15) is 9.59 Å². The van der Waals surface area contributed by atoms with Gasteiger partial charge in [-0.25, -0.2) is 4.79 Å². The van der Waals surface area contributed by atoms with Crippen molar-refractivity contribution in [2.45, 2.75) is 13.5 Å². The van der Waals surface area contributed by atoms with Crippen LogP contribution in [0.25, 0.3) is 11.0 Å². The summed E-state index contributed by atoms with van der Waals surface area (Å²) in [6, 6.07) is 8.05. The third kappa shape index (κ3) is 3.24. The zero-order chi connectivity index (χ0) is 16.4. The van der Waals surface area contributed by atoms with Gasteiger partial charge < -0.3 is 9.73 Å². The summed E-state index contributed by atoms with van der Waals surface area (Å²) in [4.78, 5) is 27.7. The van der Waals surface area contributed by atoms with Crippen LogP contribution in [0, 0.1) is 6.92 Å². The van der Waals surface area contributed by atoms with Gasteiger partial charge in [-0.2, -0.15) is 0 Å². The van der Waals surface area contributed by atoms with Crippen molar-refractivity contribution in [3.8, 4) is 0 Å². The standard InChI is InChI=1S/C17H13ClN2O3/c1-10-6-15-13(8-14(10)18)12(7-16(21)23-15)9-20-17(22)11-2-4-19-5-3-11/h2-8H,9H2,1H3,(H,20,22). The maximum atomic E-state index is 12.1. The van der Waals surface area contributed by atoms with E-state index in [0.717, 1.165) is 5.56 Å². The lowest BCUT2D eigenvalue weighted by Gasteiger charge is -2.09. The average molecular weight is 329 g/mol. The van der Waals surface area contributed by atoms with Gasteiger partial charge >= 0.3 is 5.63 Å². The van der Waals surface area contributed by atoms with Crippen molar-refractivity contribution in [1.29, 1.82) is 0 Å². The number of hydrogen-bond acceptors (Lipinski definition) is 4. The van der Waals surface area contributed by atoms with Gasteiger partial charge in [0.2, 0.25) is 0 Å². The Kier molecular flexibility index (Phi) is 4.12. The number of carbonyl (C=O) groups excluding carboxylic acids is 1. The molecule has 0 saturated carbocycles. The first-order valence-electron chi connectivity index (χ1n) is 6.96. The van der Waals surface area contributed by atoms with E-state index in [2.05, 4.69) is 10.3 Å². The number of amides is 1. The molecule has 0 aliphatic carbocycles. The van der Waals surface area contributed by atoms with Crippen LogP contribution >= 0.6 is 11.6 Å². The van der Waals surface area contributed by atoms with Crippen LogP contribution in [0.5, 0.6) is 0 Å². The zero-order valence-electron chi connectivity index (χ0n) is 12.3. The van der Waals surface area contributed by atoms with E-state index in [0.29, 0.717) is 27.1 Å². The first-order valence-corrected chi connectivity index (χ1v) is 7.33.